The number of aromatic amines is 1. The van der Waals surface area contributed by atoms with Gasteiger partial charge < -0.3 is 4.98 Å². The van der Waals surface area contributed by atoms with E-state index in [2.05, 4.69) is 24.0 Å². The Balaban J connectivity index is 1.97. The van der Waals surface area contributed by atoms with Gasteiger partial charge in [0.05, 0.1) is 0 Å². The van der Waals surface area contributed by atoms with Crippen LogP contribution in [0.2, 0.25) is 0 Å². The fourth-order valence-corrected chi connectivity index (χ4v) is 2.22. The molecule has 0 aliphatic rings. The number of hydrogen-bond donors (Lipinski definition) is 1. The van der Waals surface area contributed by atoms with Crippen molar-refractivity contribution in [3.63, 3.8) is 0 Å². The fraction of sp³-hybridized carbons (Fsp3) is 0.0588. The van der Waals surface area contributed by atoms with Gasteiger partial charge >= 0.3 is 0 Å². The second kappa shape index (κ2) is 4.73. The number of benzene rings is 2. The first kappa shape index (κ1) is 11.7. The van der Waals surface area contributed by atoms with E-state index >= 15 is 0 Å². The average molecular weight is 251 g/mol. The second-order valence-corrected chi connectivity index (χ2v) is 4.59. The van der Waals surface area contributed by atoms with Crippen LogP contribution >= 0.6 is 0 Å². The molecule has 1 nitrogen and oxygen atoms in total. The summed E-state index contributed by atoms with van der Waals surface area (Å²) in [6.07, 6.45) is 4.01. The maximum atomic E-state index is 12.8. The molecule has 2 aromatic carbocycles. The van der Waals surface area contributed by atoms with Crippen molar-refractivity contribution in [1.29, 1.82) is 0 Å². The van der Waals surface area contributed by atoms with Crippen LogP contribution in [0, 0.1) is 12.7 Å². The quantitative estimate of drug-likeness (QED) is 0.674. The fourth-order valence-electron chi connectivity index (χ4n) is 2.22. The molecule has 0 bridgehead atoms. The maximum Gasteiger partial charge on any atom is 0.123 e. The lowest BCUT2D eigenvalue weighted by atomic mass is 10.1. The van der Waals surface area contributed by atoms with E-state index in [4.69, 9.17) is 0 Å². The summed E-state index contributed by atoms with van der Waals surface area (Å²) < 4.78 is 12.8. The number of hydrogen-bond acceptors (Lipinski definition) is 0. The standard InChI is InChI=1S/C17H14FN/c1-12-15-4-2-3-5-17(15)19-16(12)11-8-13-6-9-14(18)10-7-13/h2-11,19H,1H3. The zero-order valence-corrected chi connectivity index (χ0v) is 10.7. The first-order valence-corrected chi connectivity index (χ1v) is 6.25. The molecule has 94 valence electrons. The third kappa shape index (κ3) is 2.29. The van der Waals surface area contributed by atoms with Crippen LogP contribution in [0.5, 0.6) is 0 Å². The van der Waals surface area contributed by atoms with E-state index in [0.717, 1.165) is 16.8 Å². The molecule has 1 N–H and O–H groups in total. The van der Waals surface area contributed by atoms with Gasteiger partial charge in [0.1, 0.15) is 5.82 Å². The lowest BCUT2D eigenvalue weighted by Crippen LogP contribution is -1.77. The summed E-state index contributed by atoms with van der Waals surface area (Å²) in [6, 6.07) is 14.7. The van der Waals surface area contributed by atoms with Gasteiger partial charge in [-0.25, -0.2) is 4.39 Å². The Morgan fingerprint density at radius 3 is 2.42 bits per heavy atom. The summed E-state index contributed by atoms with van der Waals surface area (Å²) in [4.78, 5) is 3.38. The zero-order valence-electron chi connectivity index (χ0n) is 10.7. The van der Waals surface area contributed by atoms with Crippen LogP contribution in [0.25, 0.3) is 23.1 Å². The number of rotatable bonds is 2. The highest BCUT2D eigenvalue weighted by Crippen LogP contribution is 2.22. The van der Waals surface area contributed by atoms with E-state index in [9.17, 15) is 4.39 Å². The van der Waals surface area contributed by atoms with E-state index in [1.54, 1.807) is 12.1 Å². The van der Waals surface area contributed by atoms with Crippen molar-refractivity contribution >= 4 is 23.1 Å². The molecule has 0 amide bonds. The van der Waals surface area contributed by atoms with E-state index in [0.29, 0.717) is 0 Å². The summed E-state index contributed by atoms with van der Waals surface area (Å²) in [7, 11) is 0. The zero-order chi connectivity index (χ0) is 13.2. The van der Waals surface area contributed by atoms with Crippen molar-refractivity contribution in [2.24, 2.45) is 0 Å². The van der Waals surface area contributed by atoms with Crippen LogP contribution in [-0.4, -0.2) is 4.98 Å². The van der Waals surface area contributed by atoms with Crippen molar-refractivity contribution in [3.05, 3.63) is 71.2 Å². The molecule has 1 heterocycles. The predicted octanol–water partition coefficient (Wildman–Crippen LogP) is 4.79. The molecule has 3 rings (SSSR count). The second-order valence-electron chi connectivity index (χ2n) is 4.59. The van der Waals surface area contributed by atoms with Crippen LogP contribution in [0.1, 0.15) is 16.8 Å². The molecule has 0 atom stereocenters. The highest BCUT2D eigenvalue weighted by molar-refractivity contribution is 5.88. The van der Waals surface area contributed by atoms with Gasteiger partial charge in [0.15, 0.2) is 0 Å². The SMILES string of the molecule is Cc1c(C=Cc2ccc(F)cc2)[nH]c2ccccc12. The summed E-state index contributed by atoms with van der Waals surface area (Å²) in [5.41, 5.74) is 4.44. The van der Waals surface area contributed by atoms with Gasteiger partial charge in [-0.05, 0) is 42.3 Å². The van der Waals surface area contributed by atoms with Crippen molar-refractivity contribution in [3.8, 4) is 0 Å². The first-order valence-electron chi connectivity index (χ1n) is 6.25. The van der Waals surface area contributed by atoms with Gasteiger partial charge in [-0.3, -0.25) is 0 Å². The molecule has 0 saturated carbocycles. The number of aromatic nitrogens is 1. The number of fused-ring (bicyclic) bond motifs is 1. The molecule has 0 saturated heterocycles. The molecule has 0 spiro atoms. The van der Waals surface area contributed by atoms with Crippen LogP contribution in [0.4, 0.5) is 4.39 Å². The van der Waals surface area contributed by atoms with Gasteiger partial charge in [-0.1, -0.05) is 36.4 Å². The molecule has 1 aromatic heterocycles. The Morgan fingerprint density at radius 1 is 0.947 bits per heavy atom. The topological polar surface area (TPSA) is 15.8 Å². The molecular formula is C17H14FN. The third-order valence-electron chi connectivity index (χ3n) is 3.32. The van der Waals surface area contributed by atoms with E-state index in [1.807, 2.05) is 24.3 Å². The van der Waals surface area contributed by atoms with Gasteiger partial charge in [-0.2, -0.15) is 0 Å². The average Bonchev–Trinajstić information content (AvgIpc) is 2.76. The highest BCUT2D eigenvalue weighted by atomic mass is 19.1. The van der Waals surface area contributed by atoms with Gasteiger partial charge in [0.25, 0.3) is 0 Å². The van der Waals surface area contributed by atoms with Crippen LogP contribution in [0.3, 0.4) is 0 Å². The number of H-pyrrole nitrogens is 1. The number of nitrogens with one attached hydrogen (secondary N) is 1. The van der Waals surface area contributed by atoms with Crippen molar-refractivity contribution in [2.45, 2.75) is 6.92 Å². The molecule has 0 fully saturated rings. The molecule has 2 heteroatoms. The van der Waals surface area contributed by atoms with Gasteiger partial charge in [-0.15, -0.1) is 0 Å². The number of halogens is 1. The third-order valence-corrected chi connectivity index (χ3v) is 3.32. The Kier molecular flexibility index (Phi) is 2.92. The predicted molar refractivity (Wildman–Crippen MR) is 78.4 cm³/mol. The van der Waals surface area contributed by atoms with E-state index in [1.165, 1.54) is 23.1 Å². The minimum absolute atomic E-state index is 0.209. The van der Waals surface area contributed by atoms with Crippen molar-refractivity contribution in [2.75, 3.05) is 0 Å². The summed E-state index contributed by atoms with van der Waals surface area (Å²) in [5, 5.41) is 1.24. The molecule has 0 aliphatic heterocycles. The monoisotopic (exact) mass is 251 g/mol. The Labute approximate surface area is 111 Å². The lowest BCUT2D eigenvalue weighted by Gasteiger charge is -1.94. The summed E-state index contributed by atoms with van der Waals surface area (Å²) in [5.74, 6) is -0.209. The lowest BCUT2D eigenvalue weighted by molar-refractivity contribution is 0.628. The van der Waals surface area contributed by atoms with Crippen molar-refractivity contribution in [1.82, 2.24) is 4.98 Å². The first-order chi connectivity index (χ1) is 9.24. The van der Waals surface area contributed by atoms with Gasteiger partial charge in [0, 0.05) is 16.6 Å². The molecular weight excluding hydrogens is 237 g/mol. The number of aryl methyl sites for hydroxylation is 1. The van der Waals surface area contributed by atoms with E-state index in [-0.39, 0.29) is 5.82 Å². The number of para-hydroxylation sites is 1. The van der Waals surface area contributed by atoms with E-state index < -0.39 is 0 Å². The van der Waals surface area contributed by atoms with Gasteiger partial charge in [0.2, 0.25) is 0 Å². The van der Waals surface area contributed by atoms with Crippen molar-refractivity contribution < 1.29 is 4.39 Å². The largest absolute Gasteiger partial charge is 0.355 e. The molecule has 3 aromatic rings. The van der Waals surface area contributed by atoms with Crippen LogP contribution in [0.15, 0.2) is 48.5 Å². The molecule has 0 unspecified atom stereocenters. The Morgan fingerprint density at radius 2 is 1.68 bits per heavy atom. The minimum atomic E-state index is -0.209. The summed E-state index contributed by atoms with van der Waals surface area (Å²) in [6.45, 7) is 2.10. The molecule has 0 radical (unpaired) electrons. The Hall–Kier alpha value is -2.35. The van der Waals surface area contributed by atoms with Crippen LogP contribution in [-0.2, 0) is 0 Å². The smallest absolute Gasteiger partial charge is 0.123 e. The molecule has 0 aliphatic carbocycles. The highest BCUT2D eigenvalue weighted by Gasteiger charge is 2.03. The normalized spacial score (nSPS) is 11.5. The Bertz CT molecular complexity index is 736. The molecule has 19 heavy (non-hydrogen) atoms. The minimum Gasteiger partial charge on any atom is -0.355 e. The van der Waals surface area contributed by atoms with Crippen LogP contribution < -0.4 is 0 Å². The summed E-state index contributed by atoms with van der Waals surface area (Å²) >= 11 is 0. The maximum absolute atomic E-state index is 12.8.